The van der Waals surface area contributed by atoms with E-state index in [9.17, 15) is 9.90 Å². The van der Waals surface area contributed by atoms with Gasteiger partial charge in [0, 0.05) is 9.86 Å². The van der Waals surface area contributed by atoms with E-state index in [2.05, 4.69) is 31.1 Å². The van der Waals surface area contributed by atoms with Crippen molar-refractivity contribution in [2.24, 2.45) is 10.2 Å². The molecule has 0 atom stereocenters. The zero-order valence-electron chi connectivity index (χ0n) is 12.0. The average Bonchev–Trinajstić information content (AvgIpc) is 2.80. The zero-order valence-corrected chi connectivity index (χ0v) is 14.3. The van der Waals surface area contributed by atoms with Gasteiger partial charge in [-0.05, 0) is 36.8 Å². The van der Waals surface area contributed by atoms with E-state index in [1.54, 1.807) is 24.3 Å². The number of halogens is 2. The van der Waals surface area contributed by atoms with E-state index in [0.717, 1.165) is 10.0 Å². The number of H-pyrrole nitrogens is 1. The van der Waals surface area contributed by atoms with E-state index in [4.69, 9.17) is 11.6 Å². The van der Waals surface area contributed by atoms with Gasteiger partial charge < -0.3 is 10.1 Å². The number of fused-ring (bicyclic) bond motifs is 1. The van der Waals surface area contributed by atoms with Crippen LogP contribution in [0.1, 0.15) is 15.9 Å². The molecule has 0 aliphatic carbocycles. The Morgan fingerprint density at radius 2 is 2.04 bits per heavy atom. The van der Waals surface area contributed by atoms with Gasteiger partial charge in [-0.2, -0.15) is 0 Å². The minimum atomic E-state index is -0.571. The molecule has 3 aromatic rings. The van der Waals surface area contributed by atoms with Crippen molar-refractivity contribution in [2.75, 3.05) is 0 Å². The molecule has 23 heavy (non-hydrogen) atoms. The van der Waals surface area contributed by atoms with Gasteiger partial charge in [0.1, 0.15) is 0 Å². The van der Waals surface area contributed by atoms with Gasteiger partial charge in [-0.25, -0.2) is 0 Å². The van der Waals surface area contributed by atoms with Crippen molar-refractivity contribution in [1.29, 1.82) is 0 Å². The molecule has 0 spiro atoms. The Labute approximate surface area is 145 Å². The van der Waals surface area contributed by atoms with Gasteiger partial charge in [0.2, 0.25) is 5.88 Å². The Morgan fingerprint density at radius 3 is 2.78 bits per heavy atom. The zero-order chi connectivity index (χ0) is 16.6. The molecule has 0 aliphatic heterocycles. The van der Waals surface area contributed by atoms with Gasteiger partial charge in [-0.1, -0.05) is 39.7 Å². The molecule has 0 radical (unpaired) electrons. The maximum absolute atomic E-state index is 12.1. The van der Waals surface area contributed by atoms with Crippen LogP contribution in [0.15, 0.2) is 51.1 Å². The maximum atomic E-state index is 12.1. The summed E-state index contributed by atoms with van der Waals surface area (Å²) < 4.78 is 0.905. The molecule has 7 heteroatoms. The predicted octanol–water partition coefficient (Wildman–Crippen LogP) is 5.52. The predicted molar refractivity (Wildman–Crippen MR) is 92.7 cm³/mol. The number of benzene rings is 2. The van der Waals surface area contributed by atoms with Crippen molar-refractivity contribution in [3.8, 4) is 5.88 Å². The summed E-state index contributed by atoms with van der Waals surface area (Å²) in [6, 6.07) is 10.3. The SMILES string of the molecule is Cc1cc2c(N=NC(=O)c3ccccc3Cl)c(O)[nH]c2cc1Br. The van der Waals surface area contributed by atoms with E-state index >= 15 is 0 Å². The van der Waals surface area contributed by atoms with Crippen molar-refractivity contribution in [2.45, 2.75) is 6.92 Å². The standard InChI is InChI=1S/C16H11BrClN3O2/c1-8-6-10-13(7-11(8)17)19-16(23)14(10)20-21-15(22)9-4-2-3-5-12(9)18/h2-7,19,23H,1H3. The van der Waals surface area contributed by atoms with Crippen LogP contribution in [0.25, 0.3) is 10.9 Å². The Bertz CT molecular complexity index is 950. The smallest absolute Gasteiger partial charge is 0.296 e. The minimum absolute atomic E-state index is 0.145. The van der Waals surface area contributed by atoms with Gasteiger partial charge in [0.05, 0.1) is 16.1 Å². The molecular formula is C16H11BrClN3O2. The Hall–Kier alpha value is -2.18. The molecule has 2 N–H and O–H groups in total. The first-order chi connectivity index (χ1) is 11.0. The highest BCUT2D eigenvalue weighted by Gasteiger charge is 2.14. The molecule has 1 heterocycles. The summed E-state index contributed by atoms with van der Waals surface area (Å²) in [7, 11) is 0. The van der Waals surface area contributed by atoms with Crippen LogP contribution in [0.2, 0.25) is 5.02 Å². The summed E-state index contributed by atoms with van der Waals surface area (Å²) in [6.45, 7) is 1.92. The third-order valence-corrected chi connectivity index (χ3v) is 4.56. The summed E-state index contributed by atoms with van der Waals surface area (Å²) in [6.07, 6.45) is 0. The number of nitrogens with one attached hydrogen (secondary N) is 1. The summed E-state index contributed by atoms with van der Waals surface area (Å²) >= 11 is 9.39. The van der Waals surface area contributed by atoms with E-state index in [0.29, 0.717) is 15.9 Å². The lowest BCUT2D eigenvalue weighted by Gasteiger charge is -1.99. The molecule has 0 saturated carbocycles. The number of hydrogen-bond donors (Lipinski definition) is 2. The van der Waals surface area contributed by atoms with E-state index in [1.165, 1.54) is 0 Å². The van der Waals surface area contributed by atoms with Gasteiger partial charge in [-0.3, -0.25) is 4.79 Å². The summed E-state index contributed by atoms with van der Waals surface area (Å²) in [4.78, 5) is 14.9. The first-order valence-electron chi connectivity index (χ1n) is 6.68. The second-order valence-electron chi connectivity index (χ2n) is 4.95. The number of amides is 1. The fourth-order valence-corrected chi connectivity index (χ4v) is 2.74. The third kappa shape index (κ3) is 3.00. The van der Waals surface area contributed by atoms with Crippen LogP contribution in [-0.4, -0.2) is 16.0 Å². The molecule has 0 bridgehead atoms. The van der Waals surface area contributed by atoms with Crippen LogP contribution in [-0.2, 0) is 0 Å². The molecule has 1 aromatic heterocycles. The monoisotopic (exact) mass is 391 g/mol. The lowest BCUT2D eigenvalue weighted by atomic mass is 10.1. The van der Waals surface area contributed by atoms with Crippen LogP contribution in [0.5, 0.6) is 5.88 Å². The number of carbonyl (C=O) groups is 1. The van der Waals surface area contributed by atoms with Crippen LogP contribution >= 0.6 is 27.5 Å². The molecule has 5 nitrogen and oxygen atoms in total. The van der Waals surface area contributed by atoms with E-state index in [1.807, 2.05) is 19.1 Å². The molecule has 0 aliphatic rings. The van der Waals surface area contributed by atoms with Crippen LogP contribution in [0.3, 0.4) is 0 Å². The van der Waals surface area contributed by atoms with Crippen molar-refractivity contribution in [3.05, 3.63) is 57.0 Å². The van der Waals surface area contributed by atoms with E-state index < -0.39 is 5.91 Å². The highest BCUT2D eigenvalue weighted by atomic mass is 79.9. The van der Waals surface area contributed by atoms with Crippen LogP contribution < -0.4 is 0 Å². The maximum Gasteiger partial charge on any atom is 0.296 e. The largest absolute Gasteiger partial charge is 0.493 e. The minimum Gasteiger partial charge on any atom is -0.493 e. The number of carbonyl (C=O) groups excluding carboxylic acids is 1. The highest BCUT2D eigenvalue weighted by Crippen LogP contribution is 2.38. The molecule has 0 unspecified atom stereocenters. The number of aromatic nitrogens is 1. The Morgan fingerprint density at radius 1 is 1.30 bits per heavy atom. The first kappa shape index (κ1) is 15.7. The lowest BCUT2D eigenvalue weighted by molar-refractivity contribution is 0.0995. The number of azo groups is 1. The molecular weight excluding hydrogens is 382 g/mol. The number of hydrogen-bond acceptors (Lipinski definition) is 3. The average molecular weight is 393 g/mol. The van der Waals surface area contributed by atoms with Crippen molar-refractivity contribution in [1.82, 2.24) is 4.98 Å². The van der Waals surface area contributed by atoms with Crippen molar-refractivity contribution in [3.63, 3.8) is 0 Å². The molecule has 0 fully saturated rings. The van der Waals surface area contributed by atoms with Crippen molar-refractivity contribution >= 4 is 50.0 Å². The number of rotatable bonds is 2. The molecule has 0 saturated heterocycles. The highest BCUT2D eigenvalue weighted by molar-refractivity contribution is 9.10. The van der Waals surface area contributed by atoms with E-state index in [-0.39, 0.29) is 17.1 Å². The normalized spacial score (nSPS) is 11.4. The molecule has 2 aromatic carbocycles. The molecule has 116 valence electrons. The van der Waals surface area contributed by atoms with Gasteiger partial charge >= 0.3 is 0 Å². The second-order valence-corrected chi connectivity index (χ2v) is 6.22. The Balaban J connectivity index is 2.01. The summed E-state index contributed by atoms with van der Waals surface area (Å²) in [5, 5.41) is 18.5. The number of aryl methyl sites for hydroxylation is 1. The fourth-order valence-electron chi connectivity index (χ4n) is 2.18. The molecule has 3 rings (SSSR count). The number of aromatic hydroxyl groups is 1. The number of aromatic amines is 1. The van der Waals surface area contributed by atoms with Crippen molar-refractivity contribution < 1.29 is 9.90 Å². The topological polar surface area (TPSA) is 77.8 Å². The molecule has 1 amide bonds. The Kier molecular flexibility index (Phi) is 4.19. The summed E-state index contributed by atoms with van der Waals surface area (Å²) in [5.41, 5.74) is 2.15. The summed E-state index contributed by atoms with van der Waals surface area (Å²) in [5.74, 6) is -0.716. The van der Waals surface area contributed by atoms with Crippen LogP contribution in [0.4, 0.5) is 5.69 Å². The first-order valence-corrected chi connectivity index (χ1v) is 7.86. The number of nitrogens with zero attached hydrogens (tertiary/aromatic N) is 2. The second kappa shape index (κ2) is 6.14. The van der Waals surface area contributed by atoms with Gasteiger partial charge in [0.15, 0.2) is 5.69 Å². The fraction of sp³-hybridized carbons (Fsp3) is 0.0625. The van der Waals surface area contributed by atoms with Crippen LogP contribution in [0, 0.1) is 6.92 Å². The lowest BCUT2D eigenvalue weighted by Crippen LogP contribution is -1.94. The quantitative estimate of drug-likeness (QED) is 0.563. The van der Waals surface area contributed by atoms with Gasteiger partial charge in [-0.15, -0.1) is 10.2 Å². The van der Waals surface area contributed by atoms with Gasteiger partial charge in [0.25, 0.3) is 5.91 Å². The third-order valence-electron chi connectivity index (χ3n) is 3.38.